The maximum atomic E-state index is 12.5. The Hall–Kier alpha value is -2.00. The molecule has 0 spiro atoms. The number of thiazole rings is 1. The molecule has 0 aliphatic rings. The van der Waals surface area contributed by atoms with Crippen LogP contribution in [0.25, 0.3) is 5.13 Å². The van der Waals surface area contributed by atoms with Crippen LogP contribution in [0.1, 0.15) is 21.7 Å². The summed E-state index contributed by atoms with van der Waals surface area (Å²) in [4.78, 5) is 16.8. The Morgan fingerprint density at radius 3 is 2.86 bits per heavy atom. The molecule has 0 aromatic carbocycles. The van der Waals surface area contributed by atoms with Crippen molar-refractivity contribution >= 4 is 28.9 Å². The molecule has 0 fully saturated rings. The second-order valence-electron chi connectivity index (χ2n) is 4.73. The number of thioether (sulfide) groups is 1. The number of hydrogen-bond donors (Lipinski definition) is 0. The first-order valence-electron chi connectivity index (χ1n) is 6.55. The van der Waals surface area contributed by atoms with Crippen LogP contribution < -0.4 is 0 Å². The molecule has 3 rings (SSSR count). The van der Waals surface area contributed by atoms with E-state index < -0.39 is 0 Å². The summed E-state index contributed by atoms with van der Waals surface area (Å²) < 4.78 is 3.56. The van der Waals surface area contributed by atoms with Crippen molar-refractivity contribution in [3.05, 3.63) is 34.6 Å². The highest BCUT2D eigenvalue weighted by Crippen LogP contribution is 2.24. The lowest BCUT2D eigenvalue weighted by Gasteiger charge is -2.05. The van der Waals surface area contributed by atoms with Crippen molar-refractivity contribution in [2.24, 2.45) is 7.05 Å². The number of hydrogen-bond acceptors (Lipinski definition) is 7. The molecule has 3 aromatic rings. The molecule has 9 heteroatoms. The summed E-state index contributed by atoms with van der Waals surface area (Å²) in [5.74, 6) is 0.361. The summed E-state index contributed by atoms with van der Waals surface area (Å²) in [6.45, 7) is 3.92. The number of nitrogens with zero attached hydrogens (tertiary/aromatic N) is 6. The first-order chi connectivity index (χ1) is 10.6. The fourth-order valence-electron chi connectivity index (χ4n) is 2.22. The molecule has 0 bridgehead atoms. The van der Waals surface area contributed by atoms with Crippen LogP contribution in [0, 0.1) is 13.8 Å². The van der Waals surface area contributed by atoms with Crippen molar-refractivity contribution in [3.63, 3.8) is 0 Å². The van der Waals surface area contributed by atoms with Gasteiger partial charge in [-0.2, -0.15) is 0 Å². The number of carbonyl (C=O) groups is 1. The minimum atomic E-state index is 0.0592. The Labute approximate surface area is 135 Å². The molecular formula is C13H14N6OS2. The molecule has 0 unspecified atom stereocenters. The summed E-state index contributed by atoms with van der Waals surface area (Å²) in [7, 11) is 1.75. The van der Waals surface area contributed by atoms with Crippen LogP contribution in [0.4, 0.5) is 0 Å². The van der Waals surface area contributed by atoms with Gasteiger partial charge in [-0.15, -0.1) is 16.4 Å². The van der Waals surface area contributed by atoms with Gasteiger partial charge < -0.3 is 0 Å². The number of Topliss-reactive ketones (excluding diaryl/α,β-unsaturated/α-hetero) is 1. The zero-order chi connectivity index (χ0) is 15.7. The lowest BCUT2D eigenvalue weighted by atomic mass is 10.2. The maximum Gasteiger partial charge on any atom is 0.209 e. The van der Waals surface area contributed by atoms with Crippen molar-refractivity contribution < 1.29 is 4.79 Å². The van der Waals surface area contributed by atoms with Gasteiger partial charge in [-0.25, -0.2) is 9.67 Å². The Balaban J connectivity index is 1.82. The number of tetrazole rings is 1. The highest BCUT2D eigenvalue weighted by Gasteiger charge is 2.18. The van der Waals surface area contributed by atoms with Crippen LogP contribution in [-0.4, -0.2) is 41.3 Å². The SMILES string of the molecule is Cc1cc(C(=O)CSc2nnnn2C)c(C)n1-c1nccs1. The van der Waals surface area contributed by atoms with Crippen molar-refractivity contribution in [1.29, 1.82) is 0 Å². The summed E-state index contributed by atoms with van der Waals surface area (Å²) in [5, 5.41) is 14.6. The summed E-state index contributed by atoms with van der Waals surface area (Å²) in [5.41, 5.74) is 2.63. The highest BCUT2D eigenvalue weighted by atomic mass is 32.2. The van der Waals surface area contributed by atoms with Gasteiger partial charge >= 0.3 is 0 Å². The van der Waals surface area contributed by atoms with E-state index in [-0.39, 0.29) is 5.78 Å². The van der Waals surface area contributed by atoms with E-state index in [1.54, 1.807) is 29.3 Å². The van der Waals surface area contributed by atoms with Crippen molar-refractivity contribution in [3.8, 4) is 5.13 Å². The third-order valence-corrected chi connectivity index (χ3v) is 5.02. The summed E-state index contributed by atoms with van der Waals surface area (Å²) in [6, 6.07) is 1.91. The molecular weight excluding hydrogens is 320 g/mol. The zero-order valence-electron chi connectivity index (χ0n) is 12.3. The van der Waals surface area contributed by atoms with E-state index in [9.17, 15) is 4.79 Å². The maximum absolute atomic E-state index is 12.5. The van der Waals surface area contributed by atoms with Crippen LogP contribution in [0.5, 0.6) is 0 Å². The topological polar surface area (TPSA) is 78.5 Å². The Morgan fingerprint density at radius 2 is 2.23 bits per heavy atom. The molecule has 0 amide bonds. The van der Waals surface area contributed by atoms with E-state index in [4.69, 9.17) is 0 Å². The van der Waals surface area contributed by atoms with Crippen LogP contribution in [0.3, 0.4) is 0 Å². The van der Waals surface area contributed by atoms with Gasteiger partial charge in [-0.3, -0.25) is 9.36 Å². The van der Waals surface area contributed by atoms with Gasteiger partial charge in [0, 0.05) is 35.6 Å². The fourth-order valence-corrected chi connectivity index (χ4v) is 3.70. The largest absolute Gasteiger partial charge is 0.294 e. The van der Waals surface area contributed by atoms with Crippen molar-refractivity contribution in [1.82, 2.24) is 29.8 Å². The normalized spacial score (nSPS) is 11.0. The van der Waals surface area contributed by atoms with Crippen molar-refractivity contribution in [2.75, 3.05) is 5.75 Å². The molecule has 0 saturated heterocycles. The van der Waals surface area contributed by atoms with E-state index in [0.29, 0.717) is 10.9 Å². The average Bonchev–Trinajstić information content (AvgIpc) is 3.18. The molecule has 0 N–H and O–H groups in total. The van der Waals surface area contributed by atoms with Gasteiger partial charge in [-0.1, -0.05) is 11.8 Å². The highest BCUT2D eigenvalue weighted by molar-refractivity contribution is 7.99. The minimum absolute atomic E-state index is 0.0592. The van der Waals surface area contributed by atoms with Crippen molar-refractivity contribution in [2.45, 2.75) is 19.0 Å². The van der Waals surface area contributed by atoms with E-state index in [1.807, 2.05) is 29.9 Å². The van der Waals surface area contributed by atoms with E-state index in [1.165, 1.54) is 11.8 Å². The average molecular weight is 334 g/mol. The number of aryl methyl sites for hydroxylation is 2. The van der Waals surface area contributed by atoms with Gasteiger partial charge in [0.25, 0.3) is 0 Å². The van der Waals surface area contributed by atoms with Crippen LogP contribution in [-0.2, 0) is 7.05 Å². The Bertz CT molecular complexity index is 805. The zero-order valence-corrected chi connectivity index (χ0v) is 14.0. The molecule has 3 aromatic heterocycles. The lowest BCUT2D eigenvalue weighted by molar-refractivity contribution is 0.102. The summed E-state index contributed by atoms with van der Waals surface area (Å²) in [6.07, 6.45) is 1.76. The van der Waals surface area contributed by atoms with Crippen LogP contribution >= 0.6 is 23.1 Å². The molecule has 0 radical (unpaired) electrons. The molecule has 0 saturated carbocycles. The van der Waals surface area contributed by atoms with Gasteiger partial charge in [0.15, 0.2) is 10.9 Å². The van der Waals surface area contributed by atoms with Crippen LogP contribution in [0.2, 0.25) is 0 Å². The number of aromatic nitrogens is 6. The molecule has 0 aliphatic heterocycles. The quantitative estimate of drug-likeness (QED) is 0.525. The summed E-state index contributed by atoms with van der Waals surface area (Å²) >= 11 is 2.88. The van der Waals surface area contributed by atoms with Crippen LogP contribution in [0.15, 0.2) is 22.8 Å². The predicted molar refractivity (Wildman–Crippen MR) is 84.8 cm³/mol. The standard InChI is InChI=1S/C13H14N6OS2/c1-8-6-10(9(2)19(8)12-14-4-5-21-12)11(20)7-22-13-15-16-17-18(13)3/h4-6H,7H2,1-3H3. The molecule has 22 heavy (non-hydrogen) atoms. The fraction of sp³-hybridized carbons (Fsp3) is 0.308. The first kappa shape index (κ1) is 14.9. The van der Waals surface area contributed by atoms with Gasteiger partial charge in [-0.05, 0) is 30.3 Å². The molecule has 0 aliphatic carbocycles. The Kier molecular flexibility index (Phi) is 4.08. The molecule has 3 heterocycles. The lowest BCUT2D eigenvalue weighted by Crippen LogP contribution is -2.06. The number of rotatable bonds is 5. The first-order valence-corrected chi connectivity index (χ1v) is 8.41. The number of carbonyl (C=O) groups excluding carboxylic acids is 1. The predicted octanol–water partition coefficient (Wildman–Crippen LogP) is 2.05. The molecule has 114 valence electrons. The monoisotopic (exact) mass is 334 g/mol. The van der Waals surface area contributed by atoms with Gasteiger partial charge in [0.1, 0.15) is 0 Å². The van der Waals surface area contributed by atoms with Gasteiger partial charge in [0.05, 0.1) is 5.75 Å². The minimum Gasteiger partial charge on any atom is -0.294 e. The van der Waals surface area contributed by atoms with E-state index >= 15 is 0 Å². The number of ketones is 1. The third-order valence-electron chi connectivity index (χ3n) is 3.26. The smallest absolute Gasteiger partial charge is 0.209 e. The van der Waals surface area contributed by atoms with Gasteiger partial charge in [0.2, 0.25) is 5.16 Å². The van der Waals surface area contributed by atoms with E-state index in [0.717, 1.165) is 22.1 Å². The second kappa shape index (κ2) is 6.01. The second-order valence-corrected chi connectivity index (χ2v) is 6.55. The molecule has 0 atom stereocenters. The third kappa shape index (κ3) is 2.69. The Morgan fingerprint density at radius 1 is 1.41 bits per heavy atom. The van der Waals surface area contributed by atoms with E-state index in [2.05, 4.69) is 20.5 Å². The molecule has 7 nitrogen and oxygen atoms in total.